The predicted octanol–water partition coefficient (Wildman–Crippen LogP) is 0.795. The number of carbonyl (C=O) groups excluding carboxylic acids is 1. The molecule has 0 saturated carbocycles. The standard InChI is InChI=1S/C17H18N6O2/c24-17(14-3-7-20-16-4-8-22-23(14)16)21-9-12-1-5-19-11-15(12)25-13-2-6-18-10-13/h1,3-5,7-8,11,13,18H,2,6,9-10H2,(H,21,24)/t13-/m0/s1. The van der Waals surface area contributed by atoms with Crippen LogP contribution in [0.15, 0.2) is 43.0 Å². The van der Waals surface area contributed by atoms with Gasteiger partial charge in [-0.3, -0.25) is 9.78 Å². The van der Waals surface area contributed by atoms with Gasteiger partial charge in [0.15, 0.2) is 5.65 Å². The number of rotatable bonds is 5. The molecule has 8 nitrogen and oxygen atoms in total. The maximum atomic E-state index is 12.5. The van der Waals surface area contributed by atoms with Crippen LogP contribution in [0.2, 0.25) is 0 Å². The molecule has 0 bridgehead atoms. The van der Waals surface area contributed by atoms with Crippen LogP contribution < -0.4 is 15.4 Å². The van der Waals surface area contributed by atoms with Gasteiger partial charge in [-0.1, -0.05) is 0 Å². The van der Waals surface area contributed by atoms with Crippen LogP contribution in [0.1, 0.15) is 22.5 Å². The lowest BCUT2D eigenvalue weighted by molar-refractivity contribution is 0.0942. The highest BCUT2D eigenvalue weighted by Gasteiger charge is 2.18. The van der Waals surface area contributed by atoms with E-state index in [4.69, 9.17) is 4.74 Å². The number of amides is 1. The van der Waals surface area contributed by atoms with E-state index in [1.165, 1.54) is 4.52 Å². The lowest BCUT2D eigenvalue weighted by Crippen LogP contribution is -2.26. The molecule has 2 N–H and O–H groups in total. The van der Waals surface area contributed by atoms with Crippen LogP contribution in [0.3, 0.4) is 0 Å². The maximum absolute atomic E-state index is 12.5. The number of nitrogens with zero attached hydrogens (tertiary/aromatic N) is 4. The van der Waals surface area contributed by atoms with Gasteiger partial charge in [0.25, 0.3) is 5.91 Å². The first-order chi connectivity index (χ1) is 12.3. The van der Waals surface area contributed by atoms with Crippen molar-refractivity contribution in [2.75, 3.05) is 13.1 Å². The average Bonchev–Trinajstić information content (AvgIpc) is 3.31. The van der Waals surface area contributed by atoms with Crippen molar-refractivity contribution in [1.29, 1.82) is 0 Å². The molecule has 1 aliphatic heterocycles. The summed E-state index contributed by atoms with van der Waals surface area (Å²) < 4.78 is 7.52. The molecule has 3 aromatic heterocycles. The zero-order valence-corrected chi connectivity index (χ0v) is 13.6. The summed E-state index contributed by atoms with van der Waals surface area (Å²) >= 11 is 0. The molecule has 3 aromatic rings. The van der Waals surface area contributed by atoms with E-state index in [0.717, 1.165) is 25.1 Å². The van der Waals surface area contributed by atoms with Crippen LogP contribution in [0, 0.1) is 0 Å². The Balaban J connectivity index is 1.47. The van der Waals surface area contributed by atoms with Gasteiger partial charge in [0, 0.05) is 37.1 Å². The summed E-state index contributed by atoms with van der Waals surface area (Å²) in [5, 5.41) is 10.3. The Hall–Kier alpha value is -3.00. The molecular weight excluding hydrogens is 320 g/mol. The van der Waals surface area contributed by atoms with E-state index in [-0.39, 0.29) is 12.0 Å². The number of fused-ring (bicyclic) bond motifs is 1. The maximum Gasteiger partial charge on any atom is 0.270 e. The minimum absolute atomic E-state index is 0.141. The molecular formula is C17H18N6O2. The van der Waals surface area contributed by atoms with Crippen molar-refractivity contribution in [2.24, 2.45) is 0 Å². The molecule has 4 heterocycles. The predicted molar refractivity (Wildman–Crippen MR) is 90.3 cm³/mol. The second-order valence-electron chi connectivity index (χ2n) is 5.83. The van der Waals surface area contributed by atoms with E-state index in [1.807, 2.05) is 6.07 Å². The van der Waals surface area contributed by atoms with E-state index in [1.54, 1.807) is 36.9 Å². The lowest BCUT2D eigenvalue weighted by atomic mass is 10.2. The number of hydrogen-bond acceptors (Lipinski definition) is 6. The monoisotopic (exact) mass is 338 g/mol. The van der Waals surface area contributed by atoms with Crippen molar-refractivity contribution in [2.45, 2.75) is 19.1 Å². The van der Waals surface area contributed by atoms with Crippen LogP contribution in [0.25, 0.3) is 5.65 Å². The van der Waals surface area contributed by atoms with Gasteiger partial charge in [0.1, 0.15) is 17.5 Å². The Morgan fingerprint density at radius 2 is 2.28 bits per heavy atom. The van der Waals surface area contributed by atoms with Crippen LogP contribution in [-0.2, 0) is 6.54 Å². The van der Waals surface area contributed by atoms with Crippen molar-refractivity contribution in [1.82, 2.24) is 30.2 Å². The highest BCUT2D eigenvalue weighted by atomic mass is 16.5. The molecule has 0 aliphatic carbocycles. The minimum atomic E-state index is -0.221. The SMILES string of the molecule is O=C(NCc1ccncc1O[C@H]1CCNC1)c1ccnc2ccnn12. The summed E-state index contributed by atoms with van der Waals surface area (Å²) in [5.74, 6) is 0.483. The van der Waals surface area contributed by atoms with Crippen LogP contribution in [0.4, 0.5) is 0 Å². The van der Waals surface area contributed by atoms with E-state index in [2.05, 4.69) is 25.7 Å². The summed E-state index contributed by atoms with van der Waals surface area (Å²) in [7, 11) is 0. The third-order valence-electron chi connectivity index (χ3n) is 4.14. The summed E-state index contributed by atoms with van der Waals surface area (Å²) in [5.41, 5.74) is 1.96. The summed E-state index contributed by atoms with van der Waals surface area (Å²) in [6.45, 7) is 2.13. The Kier molecular flexibility index (Phi) is 4.26. The molecule has 0 radical (unpaired) electrons. The first-order valence-electron chi connectivity index (χ1n) is 8.18. The Morgan fingerprint density at radius 3 is 3.16 bits per heavy atom. The molecule has 4 rings (SSSR count). The number of hydrogen-bond donors (Lipinski definition) is 2. The molecule has 1 fully saturated rings. The van der Waals surface area contributed by atoms with Crippen molar-refractivity contribution in [3.8, 4) is 5.75 Å². The number of aromatic nitrogens is 4. The molecule has 128 valence electrons. The van der Waals surface area contributed by atoms with E-state index in [0.29, 0.717) is 23.6 Å². The van der Waals surface area contributed by atoms with Gasteiger partial charge in [-0.25, -0.2) is 9.50 Å². The number of carbonyl (C=O) groups is 1. The molecule has 8 heteroatoms. The second-order valence-corrected chi connectivity index (χ2v) is 5.83. The van der Waals surface area contributed by atoms with Crippen molar-refractivity contribution in [3.63, 3.8) is 0 Å². The fraction of sp³-hybridized carbons (Fsp3) is 0.294. The summed E-state index contributed by atoms with van der Waals surface area (Å²) in [6.07, 6.45) is 7.71. The van der Waals surface area contributed by atoms with Crippen LogP contribution in [-0.4, -0.2) is 44.7 Å². The van der Waals surface area contributed by atoms with Gasteiger partial charge in [-0.05, 0) is 25.1 Å². The van der Waals surface area contributed by atoms with Gasteiger partial charge >= 0.3 is 0 Å². The lowest BCUT2D eigenvalue weighted by Gasteiger charge is -2.16. The fourth-order valence-corrected chi connectivity index (χ4v) is 2.84. The van der Waals surface area contributed by atoms with Crippen LogP contribution >= 0.6 is 0 Å². The van der Waals surface area contributed by atoms with Gasteiger partial charge in [0.05, 0.1) is 12.4 Å². The highest BCUT2D eigenvalue weighted by molar-refractivity contribution is 5.92. The summed E-state index contributed by atoms with van der Waals surface area (Å²) in [4.78, 5) is 20.8. The second kappa shape index (κ2) is 6.86. The van der Waals surface area contributed by atoms with E-state index >= 15 is 0 Å². The summed E-state index contributed by atoms with van der Waals surface area (Å²) in [6, 6.07) is 5.25. The largest absolute Gasteiger partial charge is 0.487 e. The average molecular weight is 338 g/mol. The van der Waals surface area contributed by atoms with Crippen LogP contribution in [0.5, 0.6) is 5.75 Å². The smallest absolute Gasteiger partial charge is 0.270 e. The van der Waals surface area contributed by atoms with E-state index in [9.17, 15) is 4.79 Å². The minimum Gasteiger partial charge on any atom is -0.487 e. The molecule has 1 aliphatic rings. The number of pyridine rings is 1. The van der Waals surface area contributed by atoms with E-state index < -0.39 is 0 Å². The zero-order chi connectivity index (χ0) is 17.1. The van der Waals surface area contributed by atoms with Gasteiger partial charge < -0.3 is 15.4 Å². The third-order valence-corrected chi connectivity index (χ3v) is 4.14. The molecule has 0 spiro atoms. The molecule has 1 atom stereocenters. The molecule has 1 saturated heterocycles. The Bertz CT molecular complexity index is 887. The highest BCUT2D eigenvalue weighted by Crippen LogP contribution is 2.19. The third kappa shape index (κ3) is 3.29. The Morgan fingerprint density at radius 1 is 1.32 bits per heavy atom. The van der Waals surface area contributed by atoms with Gasteiger partial charge in [0.2, 0.25) is 0 Å². The van der Waals surface area contributed by atoms with Crippen molar-refractivity contribution >= 4 is 11.6 Å². The Labute approximate surface area is 144 Å². The van der Waals surface area contributed by atoms with Crippen molar-refractivity contribution < 1.29 is 9.53 Å². The number of nitrogens with one attached hydrogen (secondary N) is 2. The first-order valence-corrected chi connectivity index (χ1v) is 8.18. The fourth-order valence-electron chi connectivity index (χ4n) is 2.84. The topological polar surface area (TPSA) is 93.4 Å². The van der Waals surface area contributed by atoms with Gasteiger partial charge in [-0.2, -0.15) is 5.10 Å². The van der Waals surface area contributed by atoms with Gasteiger partial charge in [-0.15, -0.1) is 0 Å². The van der Waals surface area contributed by atoms with Crippen molar-refractivity contribution in [3.05, 3.63) is 54.2 Å². The normalized spacial score (nSPS) is 16.9. The first kappa shape index (κ1) is 15.5. The zero-order valence-electron chi connectivity index (χ0n) is 13.6. The molecule has 25 heavy (non-hydrogen) atoms. The quantitative estimate of drug-likeness (QED) is 0.715. The number of ether oxygens (including phenoxy) is 1. The molecule has 0 unspecified atom stereocenters. The molecule has 1 amide bonds. The molecule has 0 aromatic carbocycles.